The number of rotatable bonds is 2. The first-order valence-electron chi connectivity index (χ1n) is 6.75. The smallest absolute Gasteiger partial charge is 0.128 e. The van der Waals surface area contributed by atoms with Gasteiger partial charge < -0.3 is 10.2 Å². The summed E-state index contributed by atoms with van der Waals surface area (Å²) in [6, 6.07) is 6.36. The summed E-state index contributed by atoms with van der Waals surface area (Å²) in [6.07, 6.45) is 1.11. The lowest BCUT2D eigenvalue weighted by Crippen LogP contribution is -2.53. The number of nitrogens with zero attached hydrogens (tertiary/aromatic N) is 1. The van der Waals surface area contributed by atoms with E-state index in [1.54, 1.807) is 6.07 Å². The Balaban J connectivity index is 2.27. The molecule has 3 heteroatoms. The molecular weight excluding hydrogens is 227 g/mol. The largest absolute Gasteiger partial charge is 0.368 e. The Bertz CT molecular complexity index is 419. The van der Waals surface area contributed by atoms with Crippen molar-refractivity contribution < 1.29 is 4.39 Å². The van der Waals surface area contributed by atoms with Crippen molar-refractivity contribution in [2.45, 2.75) is 39.3 Å². The van der Waals surface area contributed by atoms with E-state index in [1.165, 1.54) is 6.07 Å². The van der Waals surface area contributed by atoms with Gasteiger partial charge >= 0.3 is 0 Å². The highest BCUT2D eigenvalue weighted by Gasteiger charge is 2.32. The maximum Gasteiger partial charge on any atom is 0.128 e. The molecule has 1 saturated heterocycles. The van der Waals surface area contributed by atoms with Crippen molar-refractivity contribution >= 4 is 5.69 Å². The molecule has 1 aromatic carbocycles. The van der Waals surface area contributed by atoms with E-state index in [2.05, 4.69) is 24.1 Å². The minimum atomic E-state index is -0.108. The molecule has 1 fully saturated rings. The van der Waals surface area contributed by atoms with Gasteiger partial charge in [-0.15, -0.1) is 0 Å². The van der Waals surface area contributed by atoms with Gasteiger partial charge in [0.15, 0.2) is 0 Å². The quantitative estimate of drug-likeness (QED) is 0.868. The Kier molecular flexibility index (Phi) is 3.91. The van der Waals surface area contributed by atoms with E-state index in [9.17, 15) is 4.39 Å². The first-order chi connectivity index (χ1) is 8.56. The van der Waals surface area contributed by atoms with Crippen LogP contribution in [0, 0.1) is 18.7 Å². The van der Waals surface area contributed by atoms with Gasteiger partial charge in [0, 0.05) is 29.9 Å². The fourth-order valence-electron chi connectivity index (χ4n) is 3.02. The van der Waals surface area contributed by atoms with Crippen LogP contribution in [0.2, 0.25) is 0 Å². The molecule has 0 bridgehead atoms. The number of nitrogens with one attached hydrogen (secondary N) is 1. The van der Waals surface area contributed by atoms with Crippen LogP contribution in [0.4, 0.5) is 10.1 Å². The summed E-state index contributed by atoms with van der Waals surface area (Å²) in [5.74, 6) is 0.453. The lowest BCUT2D eigenvalue weighted by molar-refractivity contribution is 0.282. The molecule has 1 aliphatic heterocycles. The third-order valence-electron chi connectivity index (χ3n) is 4.49. The number of anilines is 1. The second kappa shape index (κ2) is 5.27. The monoisotopic (exact) mass is 250 g/mol. The number of hydrogen-bond acceptors (Lipinski definition) is 2. The van der Waals surface area contributed by atoms with Gasteiger partial charge in [-0.3, -0.25) is 0 Å². The summed E-state index contributed by atoms with van der Waals surface area (Å²) in [5.41, 5.74) is 1.81. The zero-order valence-corrected chi connectivity index (χ0v) is 11.7. The Hall–Kier alpha value is -1.09. The molecule has 0 radical (unpaired) electrons. The molecule has 0 amide bonds. The standard InChI is InChI=1S/C15H23FN2/c1-10-12(3)18(9-8-14(10)17-4)15-7-5-6-13(16)11(15)2/h5-7,10,12,14,17H,8-9H2,1-4H3. The third-order valence-corrected chi connectivity index (χ3v) is 4.49. The lowest BCUT2D eigenvalue weighted by atomic mass is 9.86. The molecule has 3 atom stereocenters. The molecule has 1 N–H and O–H groups in total. The van der Waals surface area contributed by atoms with Crippen LogP contribution in [-0.4, -0.2) is 25.7 Å². The first kappa shape index (κ1) is 13.3. The van der Waals surface area contributed by atoms with E-state index in [4.69, 9.17) is 0 Å². The highest BCUT2D eigenvalue weighted by Crippen LogP contribution is 2.31. The van der Waals surface area contributed by atoms with Crippen LogP contribution >= 0.6 is 0 Å². The summed E-state index contributed by atoms with van der Waals surface area (Å²) in [4.78, 5) is 2.34. The predicted octanol–water partition coefficient (Wildman–Crippen LogP) is 2.96. The van der Waals surface area contributed by atoms with Crippen molar-refractivity contribution in [3.8, 4) is 0 Å². The molecule has 100 valence electrons. The molecule has 1 aromatic rings. The van der Waals surface area contributed by atoms with E-state index < -0.39 is 0 Å². The van der Waals surface area contributed by atoms with Crippen LogP contribution in [0.25, 0.3) is 0 Å². The zero-order valence-electron chi connectivity index (χ0n) is 11.7. The van der Waals surface area contributed by atoms with E-state index in [1.807, 2.05) is 20.0 Å². The van der Waals surface area contributed by atoms with Crippen LogP contribution in [0.3, 0.4) is 0 Å². The molecule has 3 unspecified atom stereocenters. The van der Waals surface area contributed by atoms with E-state index in [0.717, 1.165) is 24.2 Å². The van der Waals surface area contributed by atoms with Crippen molar-refractivity contribution in [2.75, 3.05) is 18.5 Å². The normalized spacial score (nSPS) is 28.5. The zero-order chi connectivity index (χ0) is 13.3. The second-order valence-electron chi connectivity index (χ2n) is 5.36. The topological polar surface area (TPSA) is 15.3 Å². The van der Waals surface area contributed by atoms with Crippen LogP contribution in [0.15, 0.2) is 18.2 Å². The van der Waals surface area contributed by atoms with Crippen molar-refractivity contribution in [3.05, 3.63) is 29.6 Å². The van der Waals surface area contributed by atoms with Crippen LogP contribution in [0.1, 0.15) is 25.8 Å². The first-order valence-corrected chi connectivity index (χ1v) is 6.75. The van der Waals surface area contributed by atoms with Gasteiger partial charge in [-0.05, 0) is 45.4 Å². The van der Waals surface area contributed by atoms with E-state index in [0.29, 0.717) is 18.0 Å². The minimum Gasteiger partial charge on any atom is -0.368 e. The summed E-state index contributed by atoms with van der Waals surface area (Å²) >= 11 is 0. The van der Waals surface area contributed by atoms with Crippen molar-refractivity contribution in [2.24, 2.45) is 5.92 Å². The average molecular weight is 250 g/mol. The highest BCUT2D eigenvalue weighted by atomic mass is 19.1. The maximum absolute atomic E-state index is 13.7. The van der Waals surface area contributed by atoms with Gasteiger partial charge in [0.1, 0.15) is 5.82 Å². The van der Waals surface area contributed by atoms with Gasteiger partial charge in [0.2, 0.25) is 0 Å². The van der Waals surface area contributed by atoms with Gasteiger partial charge in [-0.2, -0.15) is 0 Å². The van der Waals surface area contributed by atoms with Gasteiger partial charge in [0.05, 0.1) is 0 Å². The molecule has 1 aliphatic rings. The summed E-state index contributed by atoms with van der Waals surface area (Å²) in [7, 11) is 2.02. The summed E-state index contributed by atoms with van der Waals surface area (Å²) < 4.78 is 13.7. The van der Waals surface area contributed by atoms with Gasteiger partial charge in [-0.25, -0.2) is 4.39 Å². The lowest BCUT2D eigenvalue weighted by Gasteiger charge is -2.44. The van der Waals surface area contributed by atoms with Crippen LogP contribution < -0.4 is 10.2 Å². The molecule has 2 rings (SSSR count). The number of halogens is 1. The number of benzene rings is 1. The van der Waals surface area contributed by atoms with Gasteiger partial charge in [0.25, 0.3) is 0 Å². The second-order valence-corrected chi connectivity index (χ2v) is 5.36. The predicted molar refractivity (Wildman–Crippen MR) is 74.6 cm³/mol. The van der Waals surface area contributed by atoms with Crippen molar-refractivity contribution in [1.29, 1.82) is 0 Å². The molecule has 0 aliphatic carbocycles. The van der Waals surface area contributed by atoms with Crippen molar-refractivity contribution in [3.63, 3.8) is 0 Å². The molecular formula is C15H23FN2. The minimum absolute atomic E-state index is 0.108. The SMILES string of the molecule is CNC1CCN(c2cccc(F)c2C)C(C)C1C. The van der Waals surface area contributed by atoms with Crippen molar-refractivity contribution in [1.82, 2.24) is 5.32 Å². The molecule has 0 spiro atoms. The third kappa shape index (κ3) is 2.24. The highest BCUT2D eigenvalue weighted by molar-refractivity contribution is 5.54. The molecule has 0 saturated carbocycles. The summed E-state index contributed by atoms with van der Waals surface area (Å²) in [6.45, 7) is 7.36. The Morgan fingerprint density at radius 1 is 1.33 bits per heavy atom. The fraction of sp³-hybridized carbons (Fsp3) is 0.600. The average Bonchev–Trinajstić information content (AvgIpc) is 2.37. The molecule has 0 aromatic heterocycles. The Labute approximate surface area is 109 Å². The summed E-state index contributed by atoms with van der Waals surface area (Å²) in [5, 5.41) is 3.38. The molecule has 2 nitrogen and oxygen atoms in total. The van der Waals surface area contributed by atoms with Crippen LogP contribution in [-0.2, 0) is 0 Å². The van der Waals surface area contributed by atoms with Crippen LogP contribution in [0.5, 0.6) is 0 Å². The van der Waals surface area contributed by atoms with E-state index in [-0.39, 0.29) is 5.82 Å². The number of piperidine rings is 1. The number of hydrogen-bond donors (Lipinski definition) is 1. The molecule has 18 heavy (non-hydrogen) atoms. The molecule has 1 heterocycles. The Morgan fingerprint density at radius 2 is 2.06 bits per heavy atom. The fourth-order valence-corrected chi connectivity index (χ4v) is 3.02. The van der Waals surface area contributed by atoms with Gasteiger partial charge in [-0.1, -0.05) is 13.0 Å². The van der Waals surface area contributed by atoms with E-state index >= 15 is 0 Å². The maximum atomic E-state index is 13.7. The Morgan fingerprint density at radius 3 is 2.72 bits per heavy atom.